The van der Waals surface area contributed by atoms with Crippen LogP contribution in [0.4, 0.5) is 0 Å². The summed E-state index contributed by atoms with van der Waals surface area (Å²) in [6.45, 7) is 0.826. The van der Waals surface area contributed by atoms with Crippen LogP contribution in [0.2, 0.25) is 0 Å². The monoisotopic (exact) mass is 256 g/mol. The normalized spacial score (nSPS) is 18.7. The number of likely N-dealkylation sites (tertiary alicyclic amines) is 1. The van der Waals surface area contributed by atoms with Gasteiger partial charge in [-0.15, -0.1) is 0 Å². The van der Waals surface area contributed by atoms with E-state index in [9.17, 15) is 4.79 Å². The summed E-state index contributed by atoms with van der Waals surface area (Å²) >= 11 is 0. The van der Waals surface area contributed by atoms with Crippen LogP contribution in [0, 0.1) is 0 Å². The van der Waals surface area contributed by atoms with Gasteiger partial charge in [0.1, 0.15) is 0 Å². The predicted octanol–water partition coefficient (Wildman–Crippen LogP) is 1.71. The Morgan fingerprint density at radius 1 is 1.42 bits per heavy atom. The van der Waals surface area contributed by atoms with Crippen molar-refractivity contribution in [1.29, 1.82) is 0 Å². The summed E-state index contributed by atoms with van der Waals surface area (Å²) in [4.78, 5) is 18.5. The van der Waals surface area contributed by atoms with Crippen molar-refractivity contribution in [3.05, 3.63) is 48.0 Å². The molecule has 5 heteroatoms. The zero-order valence-corrected chi connectivity index (χ0v) is 10.6. The van der Waals surface area contributed by atoms with E-state index in [1.165, 1.54) is 0 Å². The van der Waals surface area contributed by atoms with Gasteiger partial charge >= 0.3 is 0 Å². The van der Waals surface area contributed by atoms with Crippen LogP contribution in [0.1, 0.15) is 30.1 Å². The van der Waals surface area contributed by atoms with Crippen molar-refractivity contribution in [1.82, 2.24) is 20.1 Å². The minimum absolute atomic E-state index is 0.149. The molecule has 1 amide bonds. The van der Waals surface area contributed by atoms with Crippen LogP contribution in [-0.4, -0.2) is 32.5 Å². The summed E-state index contributed by atoms with van der Waals surface area (Å²) in [5, 5.41) is 6.71. The van der Waals surface area contributed by atoms with Gasteiger partial charge in [0.25, 0.3) is 0 Å². The largest absolute Gasteiger partial charge is 0.335 e. The van der Waals surface area contributed by atoms with E-state index in [2.05, 4.69) is 15.2 Å². The Kier molecular flexibility index (Phi) is 3.27. The van der Waals surface area contributed by atoms with Gasteiger partial charge in [0.05, 0.1) is 12.5 Å². The quantitative estimate of drug-likeness (QED) is 0.909. The second kappa shape index (κ2) is 5.22. The van der Waals surface area contributed by atoms with E-state index >= 15 is 0 Å². The summed E-state index contributed by atoms with van der Waals surface area (Å²) in [5.41, 5.74) is 1.99. The third kappa shape index (κ3) is 2.50. The van der Waals surface area contributed by atoms with Crippen LogP contribution in [-0.2, 0) is 11.2 Å². The van der Waals surface area contributed by atoms with Crippen molar-refractivity contribution < 1.29 is 4.79 Å². The fourth-order valence-corrected chi connectivity index (χ4v) is 2.63. The maximum Gasteiger partial charge on any atom is 0.229 e. The molecule has 0 aromatic carbocycles. The molecule has 5 nitrogen and oxygen atoms in total. The van der Waals surface area contributed by atoms with Gasteiger partial charge in [0.15, 0.2) is 0 Å². The third-order valence-electron chi connectivity index (χ3n) is 3.54. The van der Waals surface area contributed by atoms with Gasteiger partial charge in [-0.05, 0) is 30.5 Å². The van der Waals surface area contributed by atoms with Crippen LogP contribution in [0.25, 0.3) is 0 Å². The Labute approximate surface area is 111 Å². The molecule has 19 heavy (non-hydrogen) atoms. The van der Waals surface area contributed by atoms with Gasteiger partial charge in [-0.2, -0.15) is 5.10 Å². The summed E-state index contributed by atoms with van der Waals surface area (Å²) in [5.74, 6) is 0.149. The highest BCUT2D eigenvalue weighted by Crippen LogP contribution is 2.31. The zero-order valence-electron chi connectivity index (χ0n) is 10.6. The van der Waals surface area contributed by atoms with E-state index < -0.39 is 0 Å². The molecular formula is C14H16N4O. The fourth-order valence-electron chi connectivity index (χ4n) is 2.63. The molecular weight excluding hydrogens is 240 g/mol. The molecule has 1 atom stereocenters. The average molecular weight is 256 g/mol. The number of aromatic nitrogens is 3. The SMILES string of the molecule is O=C(Cc1ccn[nH]1)N1CCCC1c1cccnc1. The molecule has 98 valence electrons. The highest BCUT2D eigenvalue weighted by molar-refractivity contribution is 5.79. The van der Waals surface area contributed by atoms with E-state index in [0.717, 1.165) is 30.6 Å². The number of amides is 1. The first-order valence-electron chi connectivity index (χ1n) is 6.52. The summed E-state index contributed by atoms with van der Waals surface area (Å²) in [6, 6.07) is 5.97. The topological polar surface area (TPSA) is 61.9 Å². The minimum atomic E-state index is 0.149. The lowest BCUT2D eigenvalue weighted by molar-refractivity contribution is -0.131. The zero-order chi connectivity index (χ0) is 13.1. The van der Waals surface area contributed by atoms with Crippen LogP contribution < -0.4 is 0 Å². The van der Waals surface area contributed by atoms with E-state index in [0.29, 0.717) is 6.42 Å². The van der Waals surface area contributed by atoms with Crippen LogP contribution in [0.15, 0.2) is 36.8 Å². The number of pyridine rings is 1. The summed E-state index contributed by atoms with van der Waals surface area (Å²) < 4.78 is 0. The molecule has 0 radical (unpaired) electrons. The van der Waals surface area contributed by atoms with Gasteiger partial charge in [-0.25, -0.2) is 0 Å². The van der Waals surface area contributed by atoms with Crippen LogP contribution in [0.5, 0.6) is 0 Å². The molecule has 0 bridgehead atoms. The van der Waals surface area contributed by atoms with Gasteiger partial charge in [-0.3, -0.25) is 14.9 Å². The van der Waals surface area contributed by atoms with Crippen molar-refractivity contribution in [2.75, 3.05) is 6.54 Å². The molecule has 0 spiro atoms. The molecule has 1 fully saturated rings. The Balaban J connectivity index is 1.74. The first-order chi connectivity index (χ1) is 9.34. The van der Waals surface area contributed by atoms with Gasteiger partial charge in [-0.1, -0.05) is 6.07 Å². The summed E-state index contributed by atoms with van der Waals surface area (Å²) in [6.07, 6.45) is 7.73. The lowest BCUT2D eigenvalue weighted by Crippen LogP contribution is -2.32. The van der Waals surface area contributed by atoms with Crippen LogP contribution in [0.3, 0.4) is 0 Å². The Morgan fingerprint density at radius 3 is 3.11 bits per heavy atom. The molecule has 2 aromatic heterocycles. The second-order valence-corrected chi connectivity index (χ2v) is 4.79. The first-order valence-corrected chi connectivity index (χ1v) is 6.52. The Morgan fingerprint density at radius 2 is 2.37 bits per heavy atom. The third-order valence-corrected chi connectivity index (χ3v) is 3.54. The molecule has 2 aromatic rings. The van der Waals surface area contributed by atoms with Crippen molar-refractivity contribution in [2.45, 2.75) is 25.3 Å². The van der Waals surface area contributed by atoms with Gasteiger partial charge in [0.2, 0.25) is 5.91 Å². The van der Waals surface area contributed by atoms with E-state index in [1.54, 1.807) is 12.4 Å². The highest BCUT2D eigenvalue weighted by atomic mass is 16.2. The number of rotatable bonds is 3. The molecule has 0 aliphatic carbocycles. The number of H-pyrrole nitrogens is 1. The molecule has 3 rings (SSSR count). The molecule has 3 heterocycles. The van der Waals surface area contributed by atoms with Crippen molar-refractivity contribution in [2.24, 2.45) is 0 Å². The second-order valence-electron chi connectivity index (χ2n) is 4.79. The Hall–Kier alpha value is -2.17. The maximum atomic E-state index is 12.4. The average Bonchev–Trinajstić information content (AvgIpc) is 3.10. The van der Waals surface area contributed by atoms with Crippen molar-refractivity contribution in [3.8, 4) is 0 Å². The number of aromatic amines is 1. The number of carbonyl (C=O) groups is 1. The Bertz CT molecular complexity index is 538. The standard InChI is InChI=1S/C14H16N4O/c19-14(9-12-5-7-16-17-12)18-8-2-4-13(18)11-3-1-6-15-10-11/h1,3,5-7,10,13H,2,4,8-9H2,(H,16,17). The van der Waals surface area contributed by atoms with E-state index in [4.69, 9.17) is 0 Å². The number of carbonyl (C=O) groups excluding carboxylic acids is 1. The molecule has 1 unspecified atom stereocenters. The van der Waals surface area contributed by atoms with Crippen molar-refractivity contribution >= 4 is 5.91 Å². The number of nitrogens with one attached hydrogen (secondary N) is 1. The van der Waals surface area contributed by atoms with Crippen LogP contribution >= 0.6 is 0 Å². The molecule has 1 aliphatic rings. The highest BCUT2D eigenvalue weighted by Gasteiger charge is 2.29. The maximum absolute atomic E-state index is 12.4. The fraction of sp³-hybridized carbons (Fsp3) is 0.357. The number of hydrogen-bond donors (Lipinski definition) is 1. The molecule has 1 N–H and O–H groups in total. The number of hydrogen-bond acceptors (Lipinski definition) is 3. The van der Waals surface area contributed by atoms with Gasteiger partial charge in [0, 0.05) is 30.8 Å². The first kappa shape index (κ1) is 11.9. The molecule has 1 saturated heterocycles. The lowest BCUT2D eigenvalue weighted by Gasteiger charge is -2.24. The van der Waals surface area contributed by atoms with Gasteiger partial charge < -0.3 is 4.90 Å². The lowest BCUT2D eigenvalue weighted by atomic mass is 10.1. The smallest absolute Gasteiger partial charge is 0.229 e. The molecule has 1 aliphatic heterocycles. The number of nitrogens with zero attached hydrogens (tertiary/aromatic N) is 3. The molecule has 0 saturated carbocycles. The van der Waals surface area contributed by atoms with E-state index in [1.807, 2.05) is 29.3 Å². The predicted molar refractivity (Wildman–Crippen MR) is 70.2 cm³/mol. The van der Waals surface area contributed by atoms with Crippen molar-refractivity contribution in [3.63, 3.8) is 0 Å². The minimum Gasteiger partial charge on any atom is -0.335 e. The van der Waals surface area contributed by atoms with E-state index in [-0.39, 0.29) is 11.9 Å². The summed E-state index contributed by atoms with van der Waals surface area (Å²) in [7, 11) is 0.